The van der Waals surface area contributed by atoms with Crippen molar-refractivity contribution in [2.45, 2.75) is 56.3 Å². The zero-order valence-electron chi connectivity index (χ0n) is 12.6. The van der Waals surface area contributed by atoms with E-state index in [-0.39, 0.29) is 17.8 Å². The first-order valence-corrected chi connectivity index (χ1v) is 9.23. The van der Waals surface area contributed by atoms with E-state index in [1.54, 1.807) is 0 Å². The van der Waals surface area contributed by atoms with Crippen LogP contribution in [0.3, 0.4) is 0 Å². The van der Waals surface area contributed by atoms with Gasteiger partial charge in [-0.25, -0.2) is 8.78 Å². The fourth-order valence-corrected chi connectivity index (χ4v) is 5.46. The first-order chi connectivity index (χ1) is 10.9. The molecule has 0 aliphatic heterocycles. The Labute approximate surface area is 136 Å². The SMILES string of the molecule is O=C(OC(C(F)F)C(F)(F)S(=O)(=O)O)C12CC3CC(CC(C3)C1)C2. The maximum atomic E-state index is 13.6. The van der Waals surface area contributed by atoms with Gasteiger partial charge in [0.2, 0.25) is 6.10 Å². The topological polar surface area (TPSA) is 80.7 Å². The van der Waals surface area contributed by atoms with Crippen LogP contribution in [0, 0.1) is 23.2 Å². The van der Waals surface area contributed by atoms with Gasteiger partial charge in [0.1, 0.15) is 0 Å². The summed E-state index contributed by atoms with van der Waals surface area (Å²) in [6, 6.07) is 0. The Morgan fingerprint density at radius 1 is 1.08 bits per heavy atom. The van der Waals surface area contributed by atoms with Crippen LogP contribution >= 0.6 is 0 Å². The van der Waals surface area contributed by atoms with Crippen LogP contribution < -0.4 is 0 Å². The molecule has 0 saturated heterocycles. The highest BCUT2D eigenvalue weighted by atomic mass is 32.2. The van der Waals surface area contributed by atoms with Crippen LogP contribution in [0.2, 0.25) is 0 Å². The highest BCUT2D eigenvalue weighted by Gasteiger charge is 2.61. The zero-order valence-corrected chi connectivity index (χ0v) is 13.4. The smallest absolute Gasteiger partial charge is 0.411 e. The van der Waals surface area contributed by atoms with Crippen molar-refractivity contribution in [3.8, 4) is 0 Å². The van der Waals surface area contributed by atoms with Gasteiger partial charge >= 0.3 is 21.3 Å². The average molecular weight is 374 g/mol. The highest BCUT2D eigenvalue weighted by Crippen LogP contribution is 2.60. The first-order valence-electron chi connectivity index (χ1n) is 7.79. The second kappa shape index (κ2) is 5.55. The lowest BCUT2D eigenvalue weighted by Gasteiger charge is -2.55. The molecule has 138 valence electrons. The number of alkyl halides is 4. The lowest BCUT2D eigenvalue weighted by atomic mass is 9.49. The molecular weight excluding hydrogens is 356 g/mol. The number of esters is 1. The standard InChI is InChI=1S/C14H18F4O5S/c15-11(16)10(14(17,18)24(20,21)22)23-12(19)13-4-7-1-8(5-13)3-9(2-7)6-13/h7-11H,1-6H2,(H,20,21,22). The Morgan fingerprint density at radius 2 is 1.50 bits per heavy atom. The van der Waals surface area contributed by atoms with E-state index >= 15 is 0 Å². The maximum absolute atomic E-state index is 13.6. The minimum atomic E-state index is -6.14. The van der Waals surface area contributed by atoms with Crippen LogP contribution in [0.5, 0.6) is 0 Å². The summed E-state index contributed by atoms with van der Waals surface area (Å²) in [5.41, 5.74) is -1.09. The number of carbonyl (C=O) groups excluding carboxylic acids is 1. The van der Waals surface area contributed by atoms with Crippen LogP contribution in [-0.4, -0.2) is 36.7 Å². The second-order valence-electron chi connectivity index (χ2n) is 7.40. The number of halogens is 4. The molecule has 4 aliphatic rings. The van der Waals surface area contributed by atoms with Gasteiger partial charge in [0.05, 0.1) is 5.41 Å². The number of hydrogen-bond donors (Lipinski definition) is 1. The molecule has 0 amide bonds. The molecule has 0 radical (unpaired) electrons. The van der Waals surface area contributed by atoms with Gasteiger partial charge in [-0.05, 0) is 56.3 Å². The molecular formula is C14H18F4O5S. The maximum Gasteiger partial charge on any atom is 0.411 e. The van der Waals surface area contributed by atoms with E-state index in [1.165, 1.54) is 0 Å². The van der Waals surface area contributed by atoms with Crippen molar-refractivity contribution in [1.82, 2.24) is 0 Å². The fourth-order valence-electron chi connectivity index (χ4n) is 5.01. The van der Waals surface area contributed by atoms with Gasteiger partial charge < -0.3 is 4.74 Å². The van der Waals surface area contributed by atoms with Crippen molar-refractivity contribution < 1.29 is 40.1 Å². The van der Waals surface area contributed by atoms with Gasteiger partial charge in [-0.15, -0.1) is 0 Å². The van der Waals surface area contributed by atoms with Gasteiger partial charge in [-0.3, -0.25) is 9.35 Å². The third kappa shape index (κ3) is 2.81. The molecule has 0 aromatic carbocycles. The van der Waals surface area contributed by atoms with Gasteiger partial charge in [-0.2, -0.15) is 17.2 Å². The van der Waals surface area contributed by atoms with Crippen molar-refractivity contribution in [2.75, 3.05) is 0 Å². The Kier molecular flexibility index (Phi) is 4.14. The molecule has 24 heavy (non-hydrogen) atoms. The van der Waals surface area contributed by atoms with Gasteiger partial charge in [0.25, 0.3) is 6.43 Å². The number of rotatable bonds is 5. The number of carbonyl (C=O) groups is 1. The van der Waals surface area contributed by atoms with Crippen LogP contribution in [-0.2, 0) is 19.6 Å². The van der Waals surface area contributed by atoms with Gasteiger partial charge in [0, 0.05) is 0 Å². The molecule has 4 fully saturated rings. The Balaban J connectivity index is 1.82. The number of ether oxygens (including phenoxy) is 1. The highest BCUT2D eigenvalue weighted by molar-refractivity contribution is 7.86. The van der Waals surface area contributed by atoms with Crippen LogP contribution in [0.4, 0.5) is 17.6 Å². The third-order valence-corrected chi connectivity index (χ3v) is 6.53. The largest absolute Gasteiger partial charge is 0.448 e. The molecule has 4 saturated carbocycles. The quantitative estimate of drug-likeness (QED) is 0.455. The summed E-state index contributed by atoms with van der Waals surface area (Å²) in [4.78, 5) is 12.4. The molecule has 1 unspecified atom stereocenters. The molecule has 5 nitrogen and oxygen atoms in total. The summed E-state index contributed by atoms with van der Waals surface area (Å²) < 4.78 is 87.3. The lowest BCUT2D eigenvalue weighted by molar-refractivity contribution is -0.201. The molecule has 4 bridgehead atoms. The Morgan fingerprint density at radius 3 is 1.83 bits per heavy atom. The molecule has 4 rings (SSSR count). The molecule has 1 atom stereocenters. The summed E-state index contributed by atoms with van der Waals surface area (Å²) >= 11 is 0. The molecule has 4 aliphatic carbocycles. The molecule has 10 heteroatoms. The van der Waals surface area contributed by atoms with Crippen molar-refractivity contribution >= 4 is 16.1 Å². The predicted octanol–water partition coefficient (Wildman–Crippen LogP) is 2.86. The van der Waals surface area contributed by atoms with E-state index in [0.717, 1.165) is 19.3 Å². The zero-order chi connectivity index (χ0) is 17.9. The van der Waals surface area contributed by atoms with E-state index in [9.17, 15) is 30.8 Å². The second-order valence-corrected chi connectivity index (χ2v) is 8.89. The number of hydrogen-bond acceptors (Lipinski definition) is 4. The van der Waals surface area contributed by atoms with Crippen molar-refractivity contribution in [3.63, 3.8) is 0 Å². The van der Waals surface area contributed by atoms with Gasteiger partial charge in [0.15, 0.2) is 0 Å². The summed E-state index contributed by atoms with van der Waals surface area (Å²) in [5, 5.41) is -5.26. The summed E-state index contributed by atoms with van der Waals surface area (Å²) in [6.07, 6.45) is -3.47. The summed E-state index contributed by atoms with van der Waals surface area (Å²) in [6.45, 7) is 0. The molecule has 0 spiro atoms. The van der Waals surface area contributed by atoms with Gasteiger partial charge in [-0.1, -0.05) is 0 Å². The van der Waals surface area contributed by atoms with E-state index in [0.29, 0.717) is 19.3 Å². The summed E-state index contributed by atoms with van der Waals surface area (Å²) in [5.74, 6) is -0.460. The summed E-state index contributed by atoms with van der Waals surface area (Å²) in [7, 11) is -6.14. The van der Waals surface area contributed by atoms with Crippen LogP contribution in [0.15, 0.2) is 0 Å². The first kappa shape index (κ1) is 17.9. The van der Waals surface area contributed by atoms with E-state index in [4.69, 9.17) is 4.55 Å². The fraction of sp³-hybridized carbons (Fsp3) is 0.929. The molecule has 0 aromatic heterocycles. The molecule has 0 aromatic rings. The normalized spacial score (nSPS) is 36.8. The Hall–Kier alpha value is -0.900. The van der Waals surface area contributed by atoms with E-state index < -0.39 is 39.3 Å². The lowest BCUT2D eigenvalue weighted by Crippen LogP contribution is -2.54. The minimum Gasteiger partial charge on any atom is -0.448 e. The molecule has 1 N–H and O–H groups in total. The van der Waals surface area contributed by atoms with Crippen molar-refractivity contribution in [1.29, 1.82) is 0 Å². The average Bonchev–Trinajstić information content (AvgIpc) is 2.41. The third-order valence-electron chi connectivity index (χ3n) is 5.61. The van der Waals surface area contributed by atoms with E-state index in [1.807, 2.05) is 0 Å². The minimum absolute atomic E-state index is 0.246. The van der Waals surface area contributed by atoms with Crippen LogP contribution in [0.25, 0.3) is 0 Å². The van der Waals surface area contributed by atoms with Crippen molar-refractivity contribution in [3.05, 3.63) is 0 Å². The van der Waals surface area contributed by atoms with Crippen LogP contribution in [0.1, 0.15) is 38.5 Å². The molecule has 0 heterocycles. The van der Waals surface area contributed by atoms with E-state index in [2.05, 4.69) is 4.74 Å². The Bertz CT molecular complexity index is 598. The van der Waals surface area contributed by atoms with Crippen molar-refractivity contribution in [2.24, 2.45) is 23.2 Å². The predicted molar refractivity (Wildman–Crippen MR) is 73.0 cm³/mol. The monoisotopic (exact) mass is 374 g/mol.